The number of hydrogen-bond acceptors (Lipinski definition) is 4. The third kappa shape index (κ3) is 4.66. The van der Waals surface area contributed by atoms with Crippen molar-refractivity contribution in [3.8, 4) is 0 Å². The van der Waals surface area contributed by atoms with Crippen LogP contribution in [0.3, 0.4) is 0 Å². The van der Waals surface area contributed by atoms with Crippen LogP contribution in [0, 0.1) is 0 Å². The number of nitrogens with one attached hydrogen (secondary N) is 2. The smallest absolute Gasteiger partial charge is 0.238 e. The molecule has 3 rings (SSSR count). The molecule has 2 aliphatic rings. The quantitative estimate of drug-likeness (QED) is 0.793. The van der Waals surface area contributed by atoms with Gasteiger partial charge in [0.15, 0.2) is 0 Å². The van der Waals surface area contributed by atoms with Crippen LogP contribution in [-0.4, -0.2) is 53.0 Å². The lowest BCUT2D eigenvalue weighted by molar-refractivity contribution is -0.130. The molecule has 1 spiro atoms. The second kappa shape index (κ2) is 8.38. The molecule has 1 unspecified atom stereocenters. The normalized spacial score (nSPS) is 21.8. The van der Waals surface area contributed by atoms with Crippen molar-refractivity contribution in [2.24, 2.45) is 0 Å². The van der Waals surface area contributed by atoms with E-state index >= 15 is 0 Å². The molecule has 8 heteroatoms. The maximum atomic E-state index is 12.5. The Morgan fingerprint density at radius 3 is 2.73 bits per heavy atom. The largest absolute Gasteiger partial charge is 0.354 e. The summed E-state index contributed by atoms with van der Waals surface area (Å²) in [7, 11) is 0. The van der Waals surface area contributed by atoms with Gasteiger partial charge in [-0.1, -0.05) is 29.3 Å². The maximum Gasteiger partial charge on any atom is 0.238 e. The van der Waals surface area contributed by atoms with E-state index in [0.29, 0.717) is 23.0 Å². The lowest BCUT2D eigenvalue weighted by Crippen LogP contribution is -2.54. The van der Waals surface area contributed by atoms with Gasteiger partial charge in [0, 0.05) is 42.4 Å². The fourth-order valence-electron chi connectivity index (χ4n) is 3.42. The number of amides is 2. The van der Waals surface area contributed by atoms with Gasteiger partial charge in [0.25, 0.3) is 0 Å². The second-order valence-electron chi connectivity index (χ2n) is 6.79. The van der Waals surface area contributed by atoms with E-state index in [-0.39, 0.29) is 22.7 Å². The number of likely N-dealkylation sites (tertiary alicyclic amines) is 1. The highest BCUT2D eigenvalue weighted by molar-refractivity contribution is 8.01. The van der Waals surface area contributed by atoms with Gasteiger partial charge in [-0.3, -0.25) is 14.9 Å². The van der Waals surface area contributed by atoms with E-state index < -0.39 is 0 Å². The van der Waals surface area contributed by atoms with Crippen LogP contribution in [0.2, 0.25) is 10.0 Å². The summed E-state index contributed by atoms with van der Waals surface area (Å²) in [6, 6.07) is 5.21. The van der Waals surface area contributed by atoms with E-state index in [9.17, 15) is 9.59 Å². The van der Waals surface area contributed by atoms with Crippen LogP contribution >= 0.6 is 35.0 Å². The number of piperidine rings is 1. The van der Waals surface area contributed by atoms with E-state index in [2.05, 4.69) is 10.6 Å². The molecular formula is C18H23Cl2N3O2S. The number of benzene rings is 1. The molecule has 1 aromatic carbocycles. The molecule has 2 amide bonds. The fraction of sp³-hybridized carbons (Fsp3) is 0.556. The van der Waals surface area contributed by atoms with E-state index in [1.807, 2.05) is 11.0 Å². The summed E-state index contributed by atoms with van der Waals surface area (Å²) in [6.45, 7) is 3.64. The Morgan fingerprint density at radius 2 is 2.08 bits per heavy atom. The summed E-state index contributed by atoms with van der Waals surface area (Å²) in [6.07, 6.45) is 2.42. The number of halogens is 2. The van der Waals surface area contributed by atoms with Gasteiger partial charge in [-0.25, -0.2) is 0 Å². The average Bonchev–Trinajstić information content (AvgIpc) is 3.01. The zero-order valence-electron chi connectivity index (χ0n) is 14.7. The molecule has 2 fully saturated rings. The fourth-order valence-corrected chi connectivity index (χ4v) is 5.34. The van der Waals surface area contributed by atoms with Gasteiger partial charge in [0.05, 0.1) is 10.9 Å². The highest BCUT2D eigenvalue weighted by atomic mass is 35.5. The molecule has 2 saturated heterocycles. The van der Waals surface area contributed by atoms with Crippen molar-refractivity contribution in [1.29, 1.82) is 0 Å². The summed E-state index contributed by atoms with van der Waals surface area (Å²) in [4.78, 5) is 25.7. The molecule has 0 saturated carbocycles. The zero-order valence-corrected chi connectivity index (χ0v) is 17.0. The first-order valence-electron chi connectivity index (χ1n) is 8.77. The second-order valence-corrected chi connectivity index (χ2v) is 9.03. The minimum absolute atomic E-state index is 0.0217. The first kappa shape index (κ1) is 19.8. The van der Waals surface area contributed by atoms with Gasteiger partial charge >= 0.3 is 0 Å². The van der Waals surface area contributed by atoms with E-state index in [0.717, 1.165) is 37.2 Å². The highest BCUT2D eigenvalue weighted by Crippen LogP contribution is 2.39. The predicted molar refractivity (Wildman–Crippen MR) is 107 cm³/mol. The summed E-state index contributed by atoms with van der Waals surface area (Å²) in [5, 5.41) is 7.73. The van der Waals surface area contributed by atoms with Crippen molar-refractivity contribution < 1.29 is 9.59 Å². The third-order valence-corrected chi connectivity index (χ3v) is 7.17. The Balaban J connectivity index is 1.45. The van der Waals surface area contributed by atoms with Gasteiger partial charge in [-0.2, -0.15) is 0 Å². The zero-order chi connectivity index (χ0) is 18.7. The Bertz CT molecular complexity index is 693. The first-order valence-corrected chi connectivity index (χ1v) is 10.5. The molecular weight excluding hydrogens is 393 g/mol. The van der Waals surface area contributed by atoms with Crippen LogP contribution in [0.25, 0.3) is 0 Å². The molecule has 0 aromatic heterocycles. The Hall–Kier alpha value is -0.950. The van der Waals surface area contributed by atoms with E-state index in [4.69, 9.17) is 23.2 Å². The maximum absolute atomic E-state index is 12.5. The lowest BCUT2D eigenvalue weighted by Gasteiger charge is -2.38. The standard InChI is InChI=1S/C18H23Cl2N3O2S/c1-12(24)23-8-5-18(6-9-23)22-16(11-26-18)17(25)21-7-4-13-2-3-14(19)10-15(13)20/h2-3,10,16,22H,4-9,11H2,1H3,(H,21,25). The van der Waals surface area contributed by atoms with Crippen LogP contribution in [0.5, 0.6) is 0 Å². The average molecular weight is 416 g/mol. The summed E-state index contributed by atoms with van der Waals surface area (Å²) >= 11 is 13.9. The summed E-state index contributed by atoms with van der Waals surface area (Å²) < 4.78 is 0. The predicted octanol–water partition coefficient (Wildman–Crippen LogP) is 2.70. The number of hydrogen-bond donors (Lipinski definition) is 2. The third-order valence-electron chi connectivity index (χ3n) is 5.01. The molecule has 1 aromatic rings. The number of carbonyl (C=O) groups excluding carboxylic acids is 2. The number of carbonyl (C=O) groups is 2. The van der Waals surface area contributed by atoms with Gasteiger partial charge in [0.2, 0.25) is 11.8 Å². The molecule has 2 heterocycles. The molecule has 142 valence electrons. The Kier molecular flexibility index (Phi) is 6.38. The Morgan fingerprint density at radius 1 is 1.35 bits per heavy atom. The van der Waals surface area contributed by atoms with Gasteiger partial charge in [-0.15, -0.1) is 11.8 Å². The van der Waals surface area contributed by atoms with E-state index in [1.54, 1.807) is 30.8 Å². The monoisotopic (exact) mass is 415 g/mol. The van der Waals surface area contributed by atoms with Crippen LogP contribution in [0.15, 0.2) is 18.2 Å². The summed E-state index contributed by atoms with van der Waals surface area (Å²) in [5.41, 5.74) is 0.971. The van der Waals surface area contributed by atoms with Crippen molar-refractivity contribution in [3.05, 3.63) is 33.8 Å². The van der Waals surface area contributed by atoms with Crippen molar-refractivity contribution in [1.82, 2.24) is 15.5 Å². The van der Waals surface area contributed by atoms with Crippen molar-refractivity contribution in [2.75, 3.05) is 25.4 Å². The van der Waals surface area contributed by atoms with Crippen LogP contribution in [0.4, 0.5) is 0 Å². The molecule has 5 nitrogen and oxygen atoms in total. The minimum atomic E-state index is -0.190. The SMILES string of the molecule is CC(=O)N1CCC2(CC1)NC(C(=O)NCCc1ccc(Cl)cc1Cl)CS2. The molecule has 2 aliphatic heterocycles. The van der Waals surface area contributed by atoms with Gasteiger partial charge in [-0.05, 0) is 37.0 Å². The van der Waals surface area contributed by atoms with Gasteiger partial charge in [0.1, 0.15) is 0 Å². The van der Waals surface area contributed by atoms with Crippen molar-refractivity contribution >= 4 is 46.8 Å². The molecule has 0 radical (unpaired) electrons. The highest BCUT2D eigenvalue weighted by Gasteiger charge is 2.44. The molecule has 26 heavy (non-hydrogen) atoms. The molecule has 1 atom stereocenters. The Labute approximate surface area is 168 Å². The van der Waals surface area contributed by atoms with Crippen LogP contribution < -0.4 is 10.6 Å². The lowest BCUT2D eigenvalue weighted by atomic mass is 10.0. The first-order chi connectivity index (χ1) is 12.4. The summed E-state index contributed by atoms with van der Waals surface area (Å²) in [5.74, 6) is 0.902. The van der Waals surface area contributed by atoms with Gasteiger partial charge < -0.3 is 10.2 Å². The number of nitrogens with zero attached hydrogens (tertiary/aromatic N) is 1. The molecule has 0 bridgehead atoms. The van der Waals surface area contributed by atoms with Crippen LogP contribution in [0.1, 0.15) is 25.3 Å². The van der Waals surface area contributed by atoms with Crippen LogP contribution in [-0.2, 0) is 16.0 Å². The minimum Gasteiger partial charge on any atom is -0.354 e. The molecule has 2 N–H and O–H groups in total. The van der Waals surface area contributed by atoms with Crippen molar-refractivity contribution in [2.45, 2.75) is 37.1 Å². The topological polar surface area (TPSA) is 61.4 Å². The number of rotatable bonds is 4. The van der Waals surface area contributed by atoms with E-state index in [1.165, 1.54) is 0 Å². The molecule has 0 aliphatic carbocycles. The van der Waals surface area contributed by atoms with Crippen molar-refractivity contribution in [3.63, 3.8) is 0 Å². The number of thioether (sulfide) groups is 1.